The number of carbonyl (C=O) groups excluding carboxylic acids is 2. The van der Waals surface area contributed by atoms with E-state index >= 15 is 0 Å². The molecule has 0 radical (unpaired) electrons. The van der Waals surface area contributed by atoms with Crippen molar-refractivity contribution in [2.75, 3.05) is 6.26 Å². The Balaban J connectivity index is 2.96. The topological polar surface area (TPSA) is 106 Å². The van der Waals surface area contributed by atoms with Crippen molar-refractivity contribution >= 4 is 21.8 Å². The molecule has 7 heteroatoms. The maximum atomic E-state index is 11.3. The van der Waals surface area contributed by atoms with Crippen LogP contribution in [0.15, 0.2) is 29.2 Å². The molecule has 0 saturated carbocycles. The van der Waals surface area contributed by atoms with Gasteiger partial charge in [-0.1, -0.05) is 0 Å². The number of hydrogen-bond acceptors (Lipinski definition) is 4. The average Bonchev–Trinajstić information content (AvgIpc) is 2.15. The van der Waals surface area contributed by atoms with Crippen LogP contribution >= 0.6 is 0 Å². The Labute approximate surface area is 92.4 Å². The standard InChI is InChI=1S/C9H10N2O4S/c1-16(14,15)7-4-2-6(3-5-7)8(12)11-9(10)13/h2-5H,1H3,(H3,10,11,12,13). The van der Waals surface area contributed by atoms with Crippen LogP contribution in [0.4, 0.5) is 4.79 Å². The Kier molecular flexibility index (Phi) is 3.28. The van der Waals surface area contributed by atoms with E-state index < -0.39 is 21.8 Å². The molecule has 0 fully saturated rings. The summed E-state index contributed by atoms with van der Waals surface area (Å²) in [6.07, 6.45) is 1.06. The van der Waals surface area contributed by atoms with Gasteiger partial charge >= 0.3 is 6.03 Å². The van der Waals surface area contributed by atoms with Crippen molar-refractivity contribution in [1.82, 2.24) is 5.32 Å². The lowest BCUT2D eigenvalue weighted by Crippen LogP contribution is -2.34. The van der Waals surface area contributed by atoms with Crippen LogP contribution in [-0.4, -0.2) is 26.6 Å². The van der Waals surface area contributed by atoms with Gasteiger partial charge in [-0.3, -0.25) is 10.1 Å². The molecule has 1 aromatic carbocycles. The Morgan fingerprint density at radius 1 is 1.19 bits per heavy atom. The van der Waals surface area contributed by atoms with Gasteiger partial charge in [-0.15, -0.1) is 0 Å². The molecule has 0 atom stereocenters. The smallest absolute Gasteiger partial charge is 0.319 e. The van der Waals surface area contributed by atoms with E-state index in [1.807, 2.05) is 5.32 Å². The summed E-state index contributed by atoms with van der Waals surface area (Å²) in [6.45, 7) is 0. The Morgan fingerprint density at radius 3 is 2.06 bits per heavy atom. The molecule has 1 rings (SSSR count). The normalized spacial score (nSPS) is 10.8. The molecule has 3 amide bonds. The van der Waals surface area contributed by atoms with Gasteiger partial charge in [0.05, 0.1) is 4.90 Å². The number of amides is 3. The SMILES string of the molecule is CS(=O)(=O)c1ccc(C(=O)NC(N)=O)cc1. The predicted molar refractivity (Wildman–Crippen MR) is 56.6 cm³/mol. The number of sulfone groups is 1. The van der Waals surface area contributed by atoms with Crippen LogP contribution in [0.5, 0.6) is 0 Å². The maximum Gasteiger partial charge on any atom is 0.319 e. The summed E-state index contributed by atoms with van der Waals surface area (Å²) in [4.78, 5) is 21.8. The summed E-state index contributed by atoms with van der Waals surface area (Å²) >= 11 is 0. The summed E-state index contributed by atoms with van der Waals surface area (Å²) < 4.78 is 22.2. The number of nitrogens with two attached hydrogens (primary N) is 1. The molecule has 16 heavy (non-hydrogen) atoms. The van der Waals surface area contributed by atoms with E-state index in [4.69, 9.17) is 5.73 Å². The lowest BCUT2D eigenvalue weighted by Gasteiger charge is -2.02. The number of rotatable bonds is 2. The maximum absolute atomic E-state index is 11.3. The fraction of sp³-hybridized carbons (Fsp3) is 0.111. The zero-order chi connectivity index (χ0) is 12.3. The number of benzene rings is 1. The lowest BCUT2D eigenvalue weighted by atomic mass is 10.2. The largest absolute Gasteiger partial charge is 0.351 e. The summed E-state index contributed by atoms with van der Waals surface area (Å²) in [6, 6.07) is 4.21. The third-order valence-corrected chi connectivity index (χ3v) is 2.91. The number of urea groups is 1. The molecule has 0 aromatic heterocycles. The third-order valence-electron chi connectivity index (χ3n) is 1.78. The summed E-state index contributed by atoms with van der Waals surface area (Å²) in [7, 11) is -3.29. The number of imide groups is 1. The number of primary amides is 1. The lowest BCUT2D eigenvalue weighted by molar-refractivity contribution is 0.0966. The monoisotopic (exact) mass is 242 g/mol. The second-order valence-corrected chi connectivity index (χ2v) is 5.13. The van der Waals surface area contributed by atoms with Gasteiger partial charge in [0.25, 0.3) is 5.91 Å². The molecule has 1 aromatic rings. The van der Waals surface area contributed by atoms with Gasteiger partial charge in [-0.2, -0.15) is 0 Å². The van der Waals surface area contributed by atoms with E-state index in [1.54, 1.807) is 0 Å². The van der Waals surface area contributed by atoms with Crippen LogP contribution < -0.4 is 11.1 Å². The summed E-state index contributed by atoms with van der Waals surface area (Å²) in [5.74, 6) is -0.674. The molecule has 0 spiro atoms. The van der Waals surface area contributed by atoms with Crippen LogP contribution in [0.25, 0.3) is 0 Å². The quantitative estimate of drug-likeness (QED) is 0.755. The van der Waals surface area contributed by atoms with Crippen molar-refractivity contribution in [2.45, 2.75) is 4.90 Å². The fourth-order valence-electron chi connectivity index (χ4n) is 1.04. The molecule has 0 aliphatic heterocycles. The summed E-state index contributed by atoms with van der Waals surface area (Å²) in [5, 5.41) is 1.87. The van der Waals surface area contributed by atoms with Crippen molar-refractivity contribution < 1.29 is 18.0 Å². The van der Waals surface area contributed by atoms with Crippen molar-refractivity contribution in [3.63, 3.8) is 0 Å². The van der Waals surface area contributed by atoms with Gasteiger partial charge in [0.2, 0.25) is 0 Å². The van der Waals surface area contributed by atoms with Crippen molar-refractivity contribution in [3.05, 3.63) is 29.8 Å². The zero-order valence-electron chi connectivity index (χ0n) is 8.43. The summed E-state index contributed by atoms with van der Waals surface area (Å²) in [5.41, 5.74) is 4.92. The minimum atomic E-state index is -3.29. The highest BCUT2D eigenvalue weighted by atomic mass is 32.2. The van der Waals surface area contributed by atoms with Gasteiger partial charge in [0.1, 0.15) is 0 Å². The fourth-order valence-corrected chi connectivity index (χ4v) is 1.67. The Morgan fingerprint density at radius 2 is 1.69 bits per heavy atom. The van der Waals surface area contributed by atoms with E-state index in [9.17, 15) is 18.0 Å². The van der Waals surface area contributed by atoms with E-state index in [1.165, 1.54) is 24.3 Å². The minimum Gasteiger partial charge on any atom is -0.351 e. The van der Waals surface area contributed by atoms with Crippen molar-refractivity contribution in [3.8, 4) is 0 Å². The van der Waals surface area contributed by atoms with Crippen LogP contribution in [0, 0.1) is 0 Å². The molecule has 0 saturated heterocycles. The molecule has 6 nitrogen and oxygen atoms in total. The highest BCUT2D eigenvalue weighted by molar-refractivity contribution is 7.90. The van der Waals surface area contributed by atoms with Crippen LogP contribution in [-0.2, 0) is 9.84 Å². The van der Waals surface area contributed by atoms with E-state index in [0.29, 0.717) is 0 Å². The molecule has 0 heterocycles. The van der Waals surface area contributed by atoms with Crippen LogP contribution in [0.3, 0.4) is 0 Å². The molecule has 0 bridgehead atoms. The molecular weight excluding hydrogens is 232 g/mol. The molecule has 3 N–H and O–H groups in total. The van der Waals surface area contributed by atoms with Gasteiger partial charge < -0.3 is 5.73 Å². The molecule has 0 unspecified atom stereocenters. The molecule has 86 valence electrons. The second-order valence-electron chi connectivity index (χ2n) is 3.11. The minimum absolute atomic E-state index is 0.100. The second kappa shape index (κ2) is 4.31. The highest BCUT2D eigenvalue weighted by Gasteiger charge is 2.10. The first-order chi connectivity index (χ1) is 7.30. The molecule has 0 aliphatic carbocycles. The molecule has 0 aliphatic rings. The number of hydrogen-bond donors (Lipinski definition) is 2. The van der Waals surface area contributed by atoms with E-state index in [2.05, 4.69) is 0 Å². The molecular formula is C9H10N2O4S. The first-order valence-corrected chi connectivity index (χ1v) is 6.11. The number of carbonyl (C=O) groups is 2. The van der Waals surface area contributed by atoms with Gasteiger partial charge in [0, 0.05) is 11.8 Å². The van der Waals surface area contributed by atoms with Crippen molar-refractivity contribution in [1.29, 1.82) is 0 Å². The first kappa shape index (κ1) is 12.2. The first-order valence-electron chi connectivity index (χ1n) is 4.21. The van der Waals surface area contributed by atoms with Gasteiger partial charge in [-0.25, -0.2) is 13.2 Å². The van der Waals surface area contributed by atoms with Gasteiger partial charge in [0.15, 0.2) is 9.84 Å². The highest BCUT2D eigenvalue weighted by Crippen LogP contribution is 2.10. The predicted octanol–water partition coefficient (Wildman–Crippen LogP) is -0.101. The average molecular weight is 242 g/mol. The number of nitrogens with one attached hydrogen (secondary N) is 1. The van der Waals surface area contributed by atoms with Crippen LogP contribution in [0.2, 0.25) is 0 Å². The van der Waals surface area contributed by atoms with Crippen molar-refractivity contribution in [2.24, 2.45) is 5.73 Å². The Bertz CT molecular complexity index is 519. The third kappa shape index (κ3) is 3.06. The zero-order valence-corrected chi connectivity index (χ0v) is 9.24. The van der Waals surface area contributed by atoms with Crippen LogP contribution in [0.1, 0.15) is 10.4 Å². The van der Waals surface area contributed by atoms with Gasteiger partial charge in [-0.05, 0) is 24.3 Å². The van der Waals surface area contributed by atoms with E-state index in [0.717, 1.165) is 6.26 Å². The van der Waals surface area contributed by atoms with E-state index in [-0.39, 0.29) is 10.5 Å². The Hall–Kier alpha value is -1.89.